The second-order valence-corrected chi connectivity index (χ2v) is 5.13. The molecule has 8 heteroatoms. The minimum atomic E-state index is -3.00. The fraction of sp³-hybridized carbons (Fsp3) is 0.176. The van der Waals surface area contributed by atoms with Crippen LogP contribution in [0.25, 0.3) is 0 Å². The summed E-state index contributed by atoms with van der Waals surface area (Å²) in [5.74, 6) is -1.73. The Kier molecular flexibility index (Phi) is 5.99. The average molecular weight is 352 g/mol. The van der Waals surface area contributed by atoms with E-state index < -0.39 is 24.2 Å². The molecule has 2 amide bonds. The number of carbonyl (C=O) groups excluding carboxylic acids is 2. The van der Waals surface area contributed by atoms with Crippen molar-refractivity contribution in [3.05, 3.63) is 59.9 Å². The molecule has 132 valence electrons. The molecule has 25 heavy (non-hydrogen) atoms. The monoisotopic (exact) mass is 352 g/mol. The highest BCUT2D eigenvalue weighted by Gasteiger charge is 2.16. The first-order valence-corrected chi connectivity index (χ1v) is 7.21. The molecular formula is C17H15F3N2O3. The van der Waals surface area contributed by atoms with Crippen molar-refractivity contribution in [2.24, 2.45) is 0 Å². The minimum absolute atomic E-state index is 0.0965. The molecule has 1 N–H and O–H groups in total. The van der Waals surface area contributed by atoms with Gasteiger partial charge in [-0.3, -0.25) is 9.59 Å². The molecule has 0 heterocycles. The number of ether oxygens (including phenoxy) is 1. The standard InChI is InChI=1S/C17H15F3N2O3/c1-22(10-15(23)21-13-6-3-5-12(18)9-13)16(24)11-4-2-7-14(8-11)25-17(19)20/h2-9,17H,10H2,1H3,(H,21,23). The Labute approximate surface area is 142 Å². The molecule has 0 bridgehead atoms. The van der Waals surface area contributed by atoms with Crippen molar-refractivity contribution in [3.8, 4) is 5.75 Å². The smallest absolute Gasteiger partial charge is 0.387 e. The third-order valence-corrected chi connectivity index (χ3v) is 3.14. The highest BCUT2D eigenvalue weighted by molar-refractivity contribution is 5.99. The van der Waals surface area contributed by atoms with Crippen molar-refractivity contribution in [1.29, 1.82) is 0 Å². The van der Waals surface area contributed by atoms with Gasteiger partial charge in [0.15, 0.2) is 0 Å². The first-order chi connectivity index (χ1) is 11.8. The lowest BCUT2D eigenvalue weighted by molar-refractivity contribution is -0.116. The summed E-state index contributed by atoms with van der Waals surface area (Å²) < 4.78 is 41.8. The SMILES string of the molecule is CN(CC(=O)Nc1cccc(F)c1)C(=O)c1cccc(OC(F)F)c1. The van der Waals surface area contributed by atoms with Gasteiger partial charge < -0.3 is 15.0 Å². The zero-order valence-electron chi connectivity index (χ0n) is 13.2. The van der Waals surface area contributed by atoms with E-state index in [0.29, 0.717) is 0 Å². The van der Waals surface area contributed by atoms with E-state index in [1.807, 2.05) is 0 Å². The zero-order chi connectivity index (χ0) is 18.4. The van der Waals surface area contributed by atoms with Gasteiger partial charge in [0.1, 0.15) is 11.6 Å². The van der Waals surface area contributed by atoms with E-state index in [9.17, 15) is 22.8 Å². The Hall–Kier alpha value is -3.03. The van der Waals surface area contributed by atoms with Gasteiger partial charge in [0, 0.05) is 18.3 Å². The van der Waals surface area contributed by atoms with Crippen molar-refractivity contribution in [2.75, 3.05) is 18.9 Å². The van der Waals surface area contributed by atoms with E-state index in [2.05, 4.69) is 10.1 Å². The van der Waals surface area contributed by atoms with Crippen molar-refractivity contribution < 1.29 is 27.5 Å². The van der Waals surface area contributed by atoms with Crippen molar-refractivity contribution in [2.45, 2.75) is 6.61 Å². The molecule has 2 rings (SSSR count). The van der Waals surface area contributed by atoms with Crippen LogP contribution in [0.4, 0.5) is 18.9 Å². The summed E-state index contributed by atoms with van der Waals surface area (Å²) in [6.07, 6.45) is 0. The summed E-state index contributed by atoms with van der Waals surface area (Å²) in [6.45, 7) is -3.30. The second kappa shape index (κ2) is 8.18. The van der Waals surface area contributed by atoms with Gasteiger partial charge in [0.05, 0.1) is 6.54 Å². The zero-order valence-corrected chi connectivity index (χ0v) is 13.2. The fourth-order valence-electron chi connectivity index (χ4n) is 2.08. The molecular weight excluding hydrogens is 337 g/mol. The third kappa shape index (κ3) is 5.52. The number of rotatable bonds is 6. The van der Waals surface area contributed by atoms with Gasteiger partial charge in [-0.05, 0) is 36.4 Å². The second-order valence-electron chi connectivity index (χ2n) is 5.13. The predicted molar refractivity (Wildman–Crippen MR) is 85.1 cm³/mol. The summed E-state index contributed by atoms with van der Waals surface area (Å²) in [4.78, 5) is 25.3. The number of likely N-dealkylation sites (N-methyl/N-ethyl adjacent to an activating group) is 1. The molecule has 2 aromatic rings. The molecule has 2 aromatic carbocycles. The average Bonchev–Trinajstić information content (AvgIpc) is 2.53. The maximum Gasteiger partial charge on any atom is 0.387 e. The normalized spacial score (nSPS) is 10.4. The van der Waals surface area contributed by atoms with Crippen LogP contribution in [0.5, 0.6) is 5.75 Å². The summed E-state index contributed by atoms with van der Waals surface area (Å²) in [7, 11) is 1.38. The topological polar surface area (TPSA) is 58.6 Å². The van der Waals surface area contributed by atoms with Crippen LogP contribution in [0.2, 0.25) is 0 Å². The molecule has 0 aliphatic heterocycles. The molecule has 0 saturated carbocycles. The number of anilines is 1. The maximum atomic E-state index is 13.1. The third-order valence-electron chi connectivity index (χ3n) is 3.14. The number of nitrogens with one attached hydrogen (secondary N) is 1. The Morgan fingerprint density at radius 3 is 2.56 bits per heavy atom. The lowest BCUT2D eigenvalue weighted by Crippen LogP contribution is -2.34. The Bertz CT molecular complexity index is 768. The molecule has 0 fully saturated rings. The van der Waals surface area contributed by atoms with Crippen molar-refractivity contribution in [1.82, 2.24) is 4.90 Å². The van der Waals surface area contributed by atoms with Gasteiger partial charge in [-0.1, -0.05) is 12.1 Å². The van der Waals surface area contributed by atoms with E-state index in [0.717, 1.165) is 17.0 Å². The Balaban J connectivity index is 1.98. The number of nitrogens with zero attached hydrogens (tertiary/aromatic N) is 1. The van der Waals surface area contributed by atoms with E-state index in [4.69, 9.17) is 0 Å². The van der Waals surface area contributed by atoms with Gasteiger partial charge in [-0.2, -0.15) is 8.78 Å². The number of hydrogen-bond acceptors (Lipinski definition) is 3. The van der Waals surface area contributed by atoms with Gasteiger partial charge in [0.2, 0.25) is 5.91 Å². The summed E-state index contributed by atoms with van der Waals surface area (Å²) >= 11 is 0. The Morgan fingerprint density at radius 1 is 1.16 bits per heavy atom. The summed E-state index contributed by atoms with van der Waals surface area (Å²) in [5, 5.41) is 2.46. The predicted octanol–water partition coefficient (Wildman–Crippen LogP) is 3.14. The maximum absolute atomic E-state index is 13.1. The molecule has 0 saturated heterocycles. The van der Waals surface area contributed by atoms with Crippen LogP contribution >= 0.6 is 0 Å². The lowest BCUT2D eigenvalue weighted by atomic mass is 10.2. The van der Waals surface area contributed by atoms with E-state index in [-0.39, 0.29) is 23.5 Å². The van der Waals surface area contributed by atoms with Crippen molar-refractivity contribution >= 4 is 17.5 Å². The molecule has 0 aliphatic rings. The molecule has 0 spiro atoms. The summed E-state index contributed by atoms with van der Waals surface area (Å²) in [5.41, 5.74) is 0.359. The van der Waals surface area contributed by atoms with Crippen LogP contribution in [0, 0.1) is 5.82 Å². The number of carbonyl (C=O) groups is 2. The van der Waals surface area contributed by atoms with Gasteiger partial charge in [-0.15, -0.1) is 0 Å². The highest BCUT2D eigenvalue weighted by atomic mass is 19.3. The van der Waals surface area contributed by atoms with E-state index in [1.165, 1.54) is 43.4 Å². The van der Waals surface area contributed by atoms with Gasteiger partial charge in [0.25, 0.3) is 5.91 Å². The number of benzene rings is 2. The number of halogens is 3. The highest BCUT2D eigenvalue weighted by Crippen LogP contribution is 2.17. The number of alkyl halides is 2. The van der Waals surface area contributed by atoms with Crippen molar-refractivity contribution in [3.63, 3.8) is 0 Å². The molecule has 0 radical (unpaired) electrons. The van der Waals surface area contributed by atoms with E-state index >= 15 is 0 Å². The van der Waals surface area contributed by atoms with Crippen LogP contribution in [0.1, 0.15) is 10.4 Å². The minimum Gasteiger partial charge on any atom is -0.435 e. The van der Waals surface area contributed by atoms with Gasteiger partial charge in [-0.25, -0.2) is 4.39 Å². The Morgan fingerprint density at radius 2 is 1.88 bits per heavy atom. The lowest BCUT2D eigenvalue weighted by Gasteiger charge is -2.17. The first kappa shape index (κ1) is 18.3. The molecule has 0 unspecified atom stereocenters. The van der Waals surface area contributed by atoms with Gasteiger partial charge >= 0.3 is 6.61 Å². The first-order valence-electron chi connectivity index (χ1n) is 7.21. The molecule has 5 nitrogen and oxygen atoms in total. The van der Waals surface area contributed by atoms with Crippen LogP contribution in [-0.4, -0.2) is 36.9 Å². The number of hydrogen-bond donors (Lipinski definition) is 1. The van der Waals surface area contributed by atoms with Crippen LogP contribution in [0.15, 0.2) is 48.5 Å². The largest absolute Gasteiger partial charge is 0.435 e. The number of amides is 2. The van der Waals surface area contributed by atoms with Crippen LogP contribution < -0.4 is 10.1 Å². The summed E-state index contributed by atoms with van der Waals surface area (Å²) in [6, 6.07) is 10.6. The van der Waals surface area contributed by atoms with E-state index in [1.54, 1.807) is 0 Å². The van der Waals surface area contributed by atoms with Crippen LogP contribution in [0.3, 0.4) is 0 Å². The quantitative estimate of drug-likeness (QED) is 0.869. The molecule has 0 aromatic heterocycles. The fourth-order valence-corrected chi connectivity index (χ4v) is 2.08. The molecule has 0 aliphatic carbocycles. The molecule has 0 atom stereocenters. The van der Waals surface area contributed by atoms with Crippen LogP contribution in [-0.2, 0) is 4.79 Å².